The third-order valence-corrected chi connectivity index (χ3v) is 3.78. The Morgan fingerprint density at radius 3 is 2.38 bits per heavy atom. The molecule has 0 atom stereocenters. The second-order valence-corrected chi connectivity index (χ2v) is 5.60. The van der Waals surface area contributed by atoms with Crippen LogP contribution in [0.4, 0.5) is 5.69 Å². The van der Waals surface area contributed by atoms with Crippen molar-refractivity contribution in [2.24, 2.45) is 0 Å². The Morgan fingerprint density at radius 1 is 1.00 bits per heavy atom. The van der Waals surface area contributed by atoms with E-state index in [1.807, 2.05) is 49.4 Å². The van der Waals surface area contributed by atoms with Gasteiger partial charge in [-0.3, -0.25) is 4.79 Å². The Kier molecular flexibility index (Phi) is 7.61. The summed E-state index contributed by atoms with van der Waals surface area (Å²) in [5.74, 6) is 2.14. The van der Waals surface area contributed by atoms with Crippen LogP contribution in [0.25, 0.3) is 0 Å². The molecule has 2 rings (SSSR count). The molecule has 0 aliphatic rings. The van der Waals surface area contributed by atoms with Crippen molar-refractivity contribution in [3.8, 4) is 17.2 Å². The molecule has 2 N–H and O–H groups in total. The van der Waals surface area contributed by atoms with Crippen molar-refractivity contribution < 1.29 is 19.0 Å². The molecule has 0 unspecified atom stereocenters. The van der Waals surface area contributed by atoms with Gasteiger partial charge in [0.1, 0.15) is 5.75 Å². The number of hydrogen-bond acceptors (Lipinski definition) is 5. The molecule has 0 fully saturated rings. The van der Waals surface area contributed by atoms with E-state index in [9.17, 15) is 4.79 Å². The predicted molar refractivity (Wildman–Crippen MR) is 102 cm³/mol. The summed E-state index contributed by atoms with van der Waals surface area (Å²) in [5.41, 5.74) is 1.91. The van der Waals surface area contributed by atoms with Crippen LogP contribution in [0.15, 0.2) is 42.5 Å². The van der Waals surface area contributed by atoms with Crippen molar-refractivity contribution >= 4 is 11.6 Å². The maximum atomic E-state index is 12.0. The Balaban J connectivity index is 1.73. The second kappa shape index (κ2) is 10.2. The van der Waals surface area contributed by atoms with Crippen molar-refractivity contribution in [1.82, 2.24) is 5.32 Å². The number of carbonyl (C=O) groups is 1. The molecule has 6 heteroatoms. The average molecular weight is 358 g/mol. The largest absolute Gasteiger partial charge is 0.494 e. The number of ether oxygens (including phenoxy) is 3. The van der Waals surface area contributed by atoms with E-state index in [0.717, 1.165) is 17.0 Å². The van der Waals surface area contributed by atoms with Gasteiger partial charge in [0.15, 0.2) is 11.5 Å². The molecule has 0 radical (unpaired) electrons. The van der Waals surface area contributed by atoms with Crippen LogP contribution in [-0.4, -0.2) is 33.3 Å². The molecule has 0 aromatic heterocycles. The second-order valence-electron chi connectivity index (χ2n) is 5.60. The minimum absolute atomic E-state index is 0.0155. The Hall–Kier alpha value is -2.89. The van der Waals surface area contributed by atoms with E-state index < -0.39 is 0 Å². The van der Waals surface area contributed by atoms with Gasteiger partial charge in [-0.2, -0.15) is 0 Å². The first-order valence-corrected chi connectivity index (χ1v) is 8.60. The first-order chi connectivity index (χ1) is 12.7. The zero-order valence-corrected chi connectivity index (χ0v) is 15.5. The maximum Gasteiger partial charge on any atom is 0.222 e. The molecule has 26 heavy (non-hydrogen) atoms. The minimum Gasteiger partial charge on any atom is -0.494 e. The monoisotopic (exact) mass is 358 g/mol. The molecular weight excluding hydrogens is 332 g/mol. The van der Waals surface area contributed by atoms with Gasteiger partial charge in [0.2, 0.25) is 5.91 Å². The van der Waals surface area contributed by atoms with Gasteiger partial charge < -0.3 is 24.8 Å². The molecule has 0 aliphatic heterocycles. The third-order valence-electron chi connectivity index (χ3n) is 3.78. The fraction of sp³-hybridized carbons (Fsp3) is 0.350. The summed E-state index contributed by atoms with van der Waals surface area (Å²) in [5, 5.41) is 6.13. The summed E-state index contributed by atoms with van der Waals surface area (Å²) in [6, 6.07) is 13.3. The zero-order valence-electron chi connectivity index (χ0n) is 15.5. The van der Waals surface area contributed by atoms with Crippen LogP contribution in [0.2, 0.25) is 0 Å². The van der Waals surface area contributed by atoms with Crippen LogP contribution < -0.4 is 24.8 Å². The summed E-state index contributed by atoms with van der Waals surface area (Å²) in [6.45, 7) is 3.60. The summed E-state index contributed by atoms with van der Waals surface area (Å²) in [6.07, 6.45) is 0.389. The van der Waals surface area contributed by atoms with Crippen LogP contribution in [0, 0.1) is 0 Å². The third kappa shape index (κ3) is 5.88. The van der Waals surface area contributed by atoms with Crippen LogP contribution >= 0.6 is 0 Å². The van der Waals surface area contributed by atoms with E-state index in [4.69, 9.17) is 14.2 Å². The lowest BCUT2D eigenvalue weighted by atomic mass is 10.2. The standard InChI is InChI=1S/C20H26N2O4/c1-4-26-17-8-6-16(7-9-17)21-12-11-20(23)22-14-15-5-10-18(24-2)19(13-15)25-3/h5-10,13,21H,4,11-12,14H2,1-3H3,(H,22,23). The zero-order chi connectivity index (χ0) is 18.8. The Labute approximate surface area is 154 Å². The minimum atomic E-state index is -0.0155. The number of benzene rings is 2. The highest BCUT2D eigenvalue weighted by Crippen LogP contribution is 2.27. The van der Waals surface area contributed by atoms with Gasteiger partial charge in [0.25, 0.3) is 0 Å². The van der Waals surface area contributed by atoms with Crippen molar-refractivity contribution in [3.05, 3.63) is 48.0 Å². The molecule has 140 valence electrons. The number of carbonyl (C=O) groups excluding carboxylic acids is 1. The molecule has 0 saturated heterocycles. The lowest BCUT2D eigenvalue weighted by Crippen LogP contribution is -2.24. The SMILES string of the molecule is CCOc1ccc(NCCC(=O)NCc2ccc(OC)c(OC)c2)cc1. The molecule has 0 aliphatic carbocycles. The van der Waals surface area contributed by atoms with E-state index in [1.165, 1.54) is 0 Å². The van der Waals surface area contributed by atoms with Gasteiger partial charge >= 0.3 is 0 Å². The molecule has 1 amide bonds. The van der Waals surface area contributed by atoms with E-state index in [-0.39, 0.29) is 5.91 Å². The predicted octanol–water partition coefficient (Wildman–Crippen LogP) is 3.22. The van der Waals surface area contributed by atoms with E-state index in [0.29, 0.717) is 37.6 Å². The van der Waals surface area contributed by atoms with Gasteiger partial charge in [-0.1, -0.05) is 6.07 Å². The topological polar surface area (TPSA) is 68.8 Å². The van der Waals surface area contributed by atoms with Gasteiger partial charge in [-0.25, -0.2) is 0 Å². The normalized spacial score (nSPS) is 10.1. The number of anilines is 1. The summed E-state index contributed by atoms with van der Waals surface area (Å²) < 4.78 is 15.9. The highest BCUT2D eigenvalue weighted by molar-refractivity contribution is 5.76. The number of rotatable bonds is 10. The average Bonchev–Trinajstić information content (AvgIpc) is 2.67. The Bertz CT molecular complexity index is 701. The first-order valence-electron chi connectivity index (χ1n) is 8.60. The van der Waals surface area contributed by atoms with Crippen molar-refractivity contribution in [3.63, 3.8) is 0 Å². The summed E-state index contributed by atoms with van der Waals surface area (Å²) in [4.78, 5) is 12.0. The van der Waals surface area contributed by atoms with Crippen LogP contribution in [0.1, 0.15) is 18.9 Å². The van der Waals surface area contributed by atoms with Crippen molar-refractivity contribution in [1.29, 1.82) is 0 Å². The first kappa shape index (κ1) is 19.4. The summed E-state index contributed by atoms with van der Waals surface area (Å²) >= 11 is 0. The van der Waals surface area contributed by atoms with Crippen LogP contribution in [0.5, 0.6) is 17.2 Å². The molecule has 0 bridgehead atoms. The van der Waals surface area contributed by atoms with Crippen LogP contribution in [-0.2, 0) is 11.3 Å². The smallest absolute Gasteiger partial charge is 0.222 e. The fourth-order valence-corrected chi connectivity index (χ4v) is 2.44. The molecular formula is C20H26N2O4. The summed E-state index contributed by atoms with van der Waals surface area (Å²) in [7, 11) is 3.18. The molecule has 2 aromatic carbocycles. The van der Waals surface area contributed by atoms with Gasteiger partial charge in [0.05, 0.1) is 20.8 Å². The van der Waals surface area contributed by atoms with Gasteiger partial charge in [-0.15, -0.1) is 0 Å². The van der Waals surface area contributed by atoms with E-state index in [2.05, 4.69) is 10.6 Å². The van der Waals surface area contributed by atoms with E-state index in [1.54, 1.807) is 14.2 Å². The molecule has 6 nitrogen and oxygen atoms in total. The van der Waals surface area contributed by atoms with Crippen molar-refractivity contribution in [2.75, 3.05) is 32.7 Å². The lowest BCUT2D eigenvalue weighted by Gasteiger charge is -2.11. The number of methoxy groups -OCH3 is 2. The highest BCUT2D eigenvalue weighted by atomic mass is 16.5. The quantitative estimate of drug-likeness (QED) is 0.682. The lowest BCUT2D eigenvalue weighted by molar-refractivity contribution is -0.121. The van der Waals surface area contributed by atoms with Crippen LogP contribution in [0.3, 0.4) is 0 Å². The number of nitrogens with one attached hydrogen (secondary N) is 2. The highest BCUT2D eigenvalue weighted by Gasteiger charge is 2.06. The molecule has 0 spiro atoms. The van der Waals surface area contributed by atoms with Crippen molar-refractivity contribution in [2.45, 2.75) is 19.9 Å². The van der Waals surface area contributed by atoms with Gasteiger partial charge in [0, 0.05) is 25.2 Å². The van der Waals surface area contributed by atoms with Gasteiger partial charge in [-0.05, 0) is 48.9 Å². The molecule has 0 saturated carbocycles. The number of amides is 1. The molecule has 0 heterocycles. The molecule has 2 aromatic rings. The van der Waals surface area contributed by atoms with E-state index >= 15 is 0 Å². The number of hydrogen-bond donors (Lipinski definition) is 2. The Morgan fingerprint density at radius 2 is 1.73 bits per heavy atom. The maximum absolute atomic E-state index is 12.0. The fourth-order valence-electron chi connectivity index (χ4n) is 2.44.